The van der Waals surface area contributed by atoms with Crippen molar-refractivity contribution in [3.63, 3.8) is 0 Å². The van der Waals surface area contributed by atoms with Gasteiger partial charge < -0.3 is 14.2 Å². The van der Waals surface area contributed by atoms with Crippen LogP contribution in [-0.4, -0.2) is 61.3 Å². The number of piperidine rings is 1. The van der Waals surface area contributed by atoms with Crippen molar-refractivity contribution in [3.05, 3.63) is 23.3 Å². The maximum atomic E-state index is 12.0. The quantitative estimate of drug-likeness (QED) is 0.417. The molecule has 0 aromatic rings. The first kappa shape index (κ1) is 20.2. The summed E-state index contributed by atoms with van der Waals surface area (Å²) in [5.74, 6) is -1.45. The van der Waals surface area contributed by atoms with Gasteiger partial charge in [0, 0.05) is 43.0 Å². The second kappa shape index (κ2) is 8.49. The lowest BCUT2D eigenvalue weighted by atomic mass is 10.0. The van der Waals surface area contributed by atoms with Gasteiger partial charge in [-0.25, -0.2) is 14.4 Å². The maximum Gasteiger partial charge on any atom is 0.333 e. The fourth-order valence-corrected chi connectivity index (χ4v) is 3.61. The monoisotopic (exact) mass is 365 g/mol. The van der Waals surface area contributed by atoms with Crippen molar-refractivity contribution in [1.82, 2.24) is 4.90 Å². The SMILES string of the molecule is COC(=O)/C(C)=C/C(=O)O[C@@H]1C[C@H]2C[C@H](OC(=O)C=C(C)C)[C@H](C1)N2C. The maximum absolute atomic E-state index is 12.0. The summed E-state index contributed by atoms with van der Waals surface area (Å²) < 4.78 is 15.7. The molecule has 2 fully saturated rings. The lowest BCUT2D eigenvalue weighted by molar-refractivity contribution is -0.150. The molecule has 2 aliphatic rings. The van der Waals surface area contributed by atoms with Gasteiger partial charge in [0.2, 0.25) is 0 Å². The summed E-state index contributed by atoms with van der Waals surface area (Å²) in [6.45, 7) is 5.20. The van der Waals surface area contributed by atoms with E-state index in [-0.39, 0.29) is 35.8 Å². The molecule has 2 aliphatic heterocycles. The Hall–Kier alpha value is -2.15. The second-order valence-corrected chi connectivity index (χ2v) is 7.17. The molecule has 2 saturated heterocycles. The molecule has 4 atom stereocenters. The molecule has 0 saturated carbocycles. The zero-order valence-corrected chi connectivity index (χ0v) is 16.0. The minimum absolute atomic E-state index is 0.0201. The lowest BCUT2D eigenvalue weighted by Gasteiger charge is -2.36. The fraction of sp³-hybridized carbons (Fsp3) is 0.632. The first-order valence-corrected chi connectivity index (χ1v) is 8.76. The van der Waals surface area contributed by atoms with Gasteiger partial charge in [-0.15, -0.1) is 0 Å². The van der Waals surface area contributed by atoms with Crippen LogP contribution in [0.4, 0.5) is 0 Å². The number of carbonyl (C=O) groups is 3. The predicted molar refractivity (Wildman–Crippen MR) is 94.2 cm³/mol. The highest BCUT2D eigenvalue weighted by molar-refractivity contribution is 5.95. The molecule has 0 N–H and O–H groups in total. The Morgan fingerprint density at radius 3 is 2.23 bits per heavy atom. The number of hydrogen-bond acceptors (Lipinski definition) is 7. The smallest absolute Gasteiger partial charge is 0.333 e. The molecule has 26 heavy (non-hydrogen) atoms. The highest BCUT2D eigenvalue weighted by Crippen LogP contribution is 2.37. The minimum atomic E-state index is -0.559. The van der Waals surface area contributed by atoms with Crippen LogP contribution in [-0.2, 0) is 28.6 Å². The molecule has 7 nitrogen and oxygen atoms in total. The van der Waals surface area contributed by atoms with Gasteiger partial charge in [0.15, 0.2) is 0 Å². The van der Waals surface area contributed by atoms with Gasteiger partial charge in [-0.05, 0) is 27.8 Å². The Bertz CT molecular complexity index is 634. The summed E-state index contributed by atoms with van der Waals surface area (Å²) in [4.78, 5) is 37.5. The van der Waals surface area contributed by atoms with Gasteiger partial charge in [0.05, 0.1) is 13.2 Å². The van der Waals surface area contributed by atoms with Crippen molar-refractivity contribution in [2.45, 2.75) is 64.3 Å². The zero-order valence-electron chi connectivity index (χ0n) is 16.0. The van der Waals surface area contributed by atoms with Crippen LogP contribution >= 0.6 is 0 Å². The number of fused-ring (bicyclic) bond motifs is 2. The molecule has 0 aromatic heterocycles. The number of carbonyl (C=O) groups excluding carboxylic acids is 3. The van der Waals surface area contributed by atoms with Crippen LogP contribution < -0.4 is 0 Å². The Kier molecular flexibility index (Phi) is 6.58. The van der Waals surface area contributed by atoms with Crippen LogP contribution in [0.1, 0.15) is 40.0 Å². The van der Waals surface area contributed by atoms with Crippen molar-refractivity contribution in [2.24, 2.45) is 0 Å². The number of hydrogen-bond donors (Lipinski definition) is 0. The molecule has 0 aliphatic carbocycles. The second-order valence-electron chi connectivity index (χ2n) is 7.17. The van der Waals surface area contributed by atoms with Crippen LogP contribution in [0.2, 0.25) is 0 Å². The molecule has 2 bridgehead atoms. The van der Waals surface area contributed by atoms with Crippen molar-refractivity contribution in [1.29, 1.82) is 0 Å². The van der Waals surface area contributed by atoms with E-state index in [0.717, 1.165) is 18.1 Å². The van der Waals surface area contributed by atoms with Crippen molar-refractivity contribution >= 4 is 17.9 Å². The number of allylic oxidation sites excluding steroid dienone is 1. The summed E-state index contributed by atoms with van der Waals surface area (Å²) >= 11 is 0. The van der Waals surface area contributed by atoms with E-state index in [1.165, 1.54) is 20.1 Å². The van der Waals surface area contributed by atoms with Crippen molar-refractivity contribution in [3.8, 4) is 0 Å². The molecule has 2 heterocycles. The van der Waals surface area contributed by atoms with Crippen LogP contribution in [0.3, 0.4) is 0 Å². The number of methoxy groups -OCH3 is 1. The molecule has 2 rings (SSSR count). The third-order valence-corrected chi connectivity index (χ3v) is 4.87. The van der Waals surface area contributed by atoms with Gasteiger partial charge >= 0.3 is 17.9 Å². The molecule has 0 spiro atoms. The number of ether oxygens (including phenoxy) is 3. The van der Waals surface area contributed by atoms with E-state index in [2.05, 4.69) is 9.64 Å². The van der Waals surface area contributed by atoms with Gasteiger partial charge in [0.25, 0.3) is 0 Å². The topological polar surface area (TPSA) is 82.1 Å². The fourth-order valence-electron chi connectivity index (χ4n) is 3.61. The molecule has 144 valence electrons. The van der Waals surface area contributed by atoms with Crippen LogP contribution in [0.15, 0.2) is 23.3 Å². The van der Waals surface area contributed by atoms with Gasteiger partial charge in [0.1, 0.15) is 12.2 Å². The summed E-state index contributed by atoms with van der Waals surface area (Å²) in [7, 11) is 3.26. The minimum Gasteiger partial charge on any atom is -0.466 e. The Morgan fingerprint density at radius 1 is 0.962 bits per heavy atom. The number of esters is 3. The molecular formula is C19H27NO6. The lowest BCUT2D eigenvalue weighted by Crippen LogP contribution is -2.46. The van der Waals surface area contributed by atoms with Crippen molar-refractivity contribution < 1.29 is 28.6 Å². The zero-order chi connectivity index (χ0) is 19.4. The highest BCUT2D eigenvalue weighted by atomic mass is 16.6. The van der Waals surface area contributed by atoms with Crippen LogP contribution in [0, 0.1) is 0 Å². The van der Waals surface area contributed by atoms with E-state index in [1.54, 1.807) is 0 Å². The molecule has 0 aromatic carbocycles. The summed E-state index contributed by atoms with van der Waals surface area (Å²) in [5, 5.41) is 0. The Labute approximate surface area is 154 Å². The Balaban J connectivity index is 1.96. The van der Waals surface area contributed by atoms with Gasteiger partial charge in [-0.3, -0.25) is 4.90 Å². The molecule has 0 unspecified atom stereocenters. The number of nitrogens with zero attached hydrogens (tertiary/aromatic N) is 1. The third-order valence-electron chi connectivity index (χ3n) is 4.87. The van der Waals surface area contributed by atoms with E-state index < -0.39 is 11.9 Å². The average molecular weight is 365 g/mol. The first-order valence-electron chi connectivity index (χ1n) is 8.76. The molecule has 0 radical (unpaired) electrons. The van der Waals surface area contributed by atoms with Crippen molar-refractivity contribution in [2.75, 3.05) is 14.2 Å². The third kappa shape index (κ3) is 4.94. The van der Waals surface area contributed by atoms with E-state index >= 15 is 0 Å². The molecule has 0 amide bonds. The first-order chi connectivity index (χ1) is 12.2. The largest absolute Gasteiger partial charge is 0.466 e. The summed E-state index contributed by atoms with van der Waals surface area (Å²) in [6.07, 6.45) is 4.18. The highest BCUT2D eigenvalue weighted by Gasteiger charge is 2.47. The average Bonchev–Trinajstić information content (AvgIpc) is 2.71. The van der Waals surface area contributed by atoms with Crippen LogP contribution in [0.25, 0.3) is 0 Å². The summed E-state index contributed by atoms with van der Waals surface area (Å²) in [5.41, 5.74) is 1.09. The molecule has 7 heteroatoms. The van der Waals surface area contributed by atoms with Gasteiger partial charge in [-0.2, -0.15) is 0 Å². The Morgan fingerprint density at radius 2 is 1.62 bits per heavy atom. The number of rotatable bonds is 5. The molecular weight excluding hydrogens is 338 g/mol. The van der Waals surface area contributed by atoms with E-state index in [9.17, 15) is 14.4 Å². The van der Waals surface area contributed by atoms with Crippen LogP contribution in [0.5, 0.6) is 0 Å². The van der Waals surface area contributed by atoms with Gasteiger partial charge in [-0.1, -0.05) is 5.57 Å². The van der Waals surface area contributed by atoms with E-state index in [1.807, 2.05) is 20.9 Å². The summed E-state index contributed by atoms with van der Waals surface area (Å²) in [6, 6.07) is 0.216. The standard InChI is InChI=1S/C19H27NO6/c1-11(2)6-17(21)26-16-9-13-8-14(10-15(16)20(13)4)25-18(22)7-12(3)19(23)24-5/h6-7,13-16H,8-10H2,1-5H3/b12-7+/t13-,14+,15-,16-/m0/s1. The predicted octanol–water partition coefficient (Wildman–Crippen LogP) is 1.76. The normalized spacial score (nSPS) is 28.3. The van der Waals surface area contributed by atoms with E-state index in [4.69, 9.17) is 9.47 Å². The van der Waals surface area contributed by atoms with E-state index in [0.29, 0.717) is 12.8 Å². The number of likely N-dealkylation sites (N-methyl/N-ethyl adjacent to an activating group) is 1.